The molecule has 0 aromatic carbocycles. The number of nitrogens with zero attached hydrogens (tertiary/aromatic N) is 3. The van der Waals surface area contributed by atoms with Gasteiger partial charge in [0.2, 0.25) is 0 Å². The summed E-state index contributed by atoms with van der Waals surface area (Å²) in [5, 5.41) is 4.71. The highest BCUT2D eigenvalue weighted by atomic mass is 32.1. The first-order valence-electron chi connectivity index (χ1n) is 6.75. The number of rotatable bonds is 2. The summed E-state index contributed by atoms with van der Waals surface area (Å²) in [6.45, 7) is 4.42. The fraction of sp³-hybridized carbons (Fsp3) is 0.615. The molecule has 0 spiro atoms. The van der Waals surface area contributed by atoms with E-state index in [1.54, 1.807) is 9.47 Å². The standard InChI is InChI=1S/C13H20N4O2S/c1-9(2)14-12(19)17-6-4-5-10(17)11(18)15-13-16(3)7-8-20-13/h7-10H,4-6H2,1-3H3,(H,14,19)/t10-/m0/s1. The molecule has 0 aliphatic carbocycles. The van der Waals surface area contributed by atoms with Crippen molar-refractivity contribution < 1.29 is 9.59 Å². The number of hydrogen-bond donors (Lipinski definition) is 1. The molecule has 0 bridgehead atoms. The Kier molecular flexibility index (Phi) is 4.59. The maximum atomic E-state index is 12.3. The molecule has 1 N–H and O–H groups in total. The highest BCUT2D eigenvalue weighted by molar-refractivity contribution is 7.07. The normalized spacial score (nSPS) is 19.7. The molecule has 1 saturated heterocycles. The summed E-state index contributed by atoms with van der Waals surface area (Å²) in [5.41, 5.74) is 0. The molecule has 0 unspecified atom stereocenters. The zero-order valence-electron chi connectivity index (χ0n) is 12.0. The molecule has 6 nitrogen and oxygen atoms in total. The first kappa shape index (κ1) is 14.8. The van der Waals surface area contributed by atoms with Gasteiger partial charge >= 0.3 is 6.03 Å². The van der Waals surface area contributed by atoms with E-state index in [9.17, 15) is 9.59 Å². The number of aromatic nitrogens is 1. The number of carbonyl (C=O) groups is 2. The lowest BCUT2D eigenvalue weighted by molar-refractivity contribution is -0.121. The summed E-state index contributed by atoms with van der Waals surface area (Å²) in [5.74, 6) is -0.237. The Balaban J connectivity index is 2.13. The van der Waals surface area contributed by atoms with E-state index in [-0.39, 0.29) is 18.0 Å². The van der Waals surface area contributed by atoms with Crippen molar-refractivity contribution in [3.63, 3.8) is 0 Å². The second-order valence-electron chi connectivity index (χ2n) is 5.20. The second-order valence-corrected chi connectivity index (χ2v) is 6.08. The maximum absolute atomic E-state index is 12.3. The Hall–Kier alpha value is -1.63. The minimum absolute atomic E-state index is 0.0610. The SMILES string of the molecule is CC(C)NC(=O)N1CCC[C@H]1C(=O)N=c1sccn1C. The summed E-state index contributed by atoms with van der Waals surface area (Å²) in [6.07, 6.45) is 3.38. The molecular formula is C13H20N4O2S. The Morgan fingerprint density at radius 1 is 1.50 bits per heavy atom. The monoisotopic (exact) mass is 296 g/mol. The van der Waals surface area contributed by atoms with Gasteiger partial charge in [0.25, 0.3) is 5.91 Å². The van der Waals surface area contributed by atoms with Crippen molar-refractivity contribution in [2.45, 2.75) is 38.8 Å². The molecule has 0 saturated carbocycles. The van der Waals surface area contributed by atoms with Gasteiger partial charge < -0.3 is 14.8 Å². The molecule has 1 aliphatic heterocycles. The molecule has 1 fully saturated rings. The molecule has 3 amide bonds. The molecule has 110 valence electrons. The third-order valence-corrected chi connectivity index (χ3v) is 4.02. The Labute approximate surface area is 122 Å². The van der Waals surface area contributed by atoms with Crippen LogP contribution < -0.4 is 10.1 Å². The highest BCUT2D eigenvalue weighted by Crippen LogP contribution is 2.18. The van der Waals surface area contributed by atoms with Gasteiger partial charge in [-0.25, -0.2) is 4.79 Å². The molecule has 1 aromatic heterocycles. The number of likely N-dealkylation sites (tertiary alicyclic amines) is 1. The van der Waals surface area contributed by atoms with E-state index >= 15 is 0 Å². The van der Waals surface area contributed by atoms with Crippen LogP contribution in [0.5, 0.6) is 0 Å². The van der Waals surface area contributed by atoms with Crippen LogP contribution >= 0.6 is 11.3 Å². The van der Waals surface area contributed by atoms with E-state index < -0.39 is 6.04 Å². The van der Waals surface area contributed by atoms with E-state index in [2.05, 4.69) is 10.3 Å². The van der Waals surface area contributed by atoms with Crippen molar-refractivity contribution in [2.75, 3.05) is 6.54 Å². The number of nitrogens with one attached hydrogen (secondary N) is 1. The van der Waals surface area contributed by atoms with Gasteiger partial charge in [-0.05, 0) is 26.7 Å². The maximum Gasteiger partial charge on any atom is 0.318 e. The molecule has 0 radical (unpaired) electrons. The number of aryl methyl sites for hydroxylation is 1. The van der Waals surface area contributed by atoms with Gasteiger partial charge in [-0.15, -0.1) is 11.3 Å². The van der Waals surface area contributed by atoms with Crippen LogP contribution in [0.2, 0.25) is 0 Å². The van der Waals surface area contributed by atoms with Crippen LogP contribution in [0.15, 0.2) is 16.6 Å². The van der Waals surface area contributed by atoms with Crippen LogP contribution in [0, 0.1) is 0 Å². The van der Waals surface area contributed by atoms with Crippen LogP contribution in [-0.2, 0) is 11.8 Å². The van der Waals surface area contributed by atoms with Crippen LogP contribution in [0.25, 0.3) is 0 Å². The predicted molar refractivity (Wildman–Crippen MR) is 77.3 cm³/mol. The number of amides is 3. The van der Waals surface area contributed by atoms with Crippen molar-refractivity contribution in [2.24, 2.45) is 12.0 Å². The molecule has 1 atom stereocenters. The van der Waals surface area contributed by atoms with Crippen LogP contribution in [0.1, 0.15) is 26.7 Å². The van der Waals surface area contributed by atoms with Gasteiger partial charge in [0, 0.05) is 31.2 Å². The Morgan fingerprint density at radius 2 is 2.25 bits per heavy atom. The molecule has 2 rings (SSSR count). The van der Waals surface area contributed by atoms with Crippen molar-refractivity contribution in [3.8, 4) is 0 Å². The van der Waals surface area contributed by atoms with Gasteiger partial charge in [-0.3, -0.25) is 4.79 Å². The smallest absolute Gasteiger partial charge is 0.318 e. The molecular weight excluding hydrogens is 276 g/mol. The van der Waals surface area contributed by atoms with Crippen LogP contribution in [-0.4, -0.2) is 40.0 Å². The van der Waals surface area contributed by atoms with Crippen LogP contribution in [0.4, 0.5) is 4.79 Å². The van der Waals surface area contributed by atoms with Gasteiger partial charge in [0.1, 0.15) is 6.04 Å². The summed E-state index contributed by atoms with van der Waals surface area (Å²) in [7, 11) is 1.85. The van der Waals surface area contributed by atoms with Crippen molar-refractivity contribution >= 4 is 23.3 Å². The van der Waals surface area contributed by atoms with Crippen molar-refractivity contribution in [1.29, 1.82) is 0 Å². The minimum Gasteiger partial charge on any atom is -0.336 e. The second kappa shape index (κ2) is 6.21. The summed E-state index contributed by atoms with van der Waals surface area (Å²) in [6, 6.07) is -0.552. The van der Waals surface area contributed by atoms with E-state index in [1.807, 2.05) is 32.5 Å². The van der Waals surface area contributed by atoms with E-state index in [0.29, 0.717) is 17.8 Å². The fourth-order valence-electron chi connectivity index (χ4n) is 2.20. The van der Waals surface area contributed by atoms with E-state index in [4.69, 9.17) is 0 Å². The zero-order valence-corrected chi connectivity index (χ0v) is 12.8. The highest BCUT2D eigenvalue weighted by Gasteiger charge is 2.34. The first-order chi connectivity index (χ1) is 9.49. The van der Waals surface area contributed by atoms with Crippen LogP contribution in [0.3, 0.4) is 0 Å². The largest absolute Gasteiger partial charge is 0.336 e. The molecule has 1 aromatic rings. The summed E-state index contributed by atoms with van der Waals surface area (Å²) >= 11 is 1.41. The quantitative estimate of drug-likeness (QED) is 0.888. The lowest BCUT2D eigenvalue weighted by Gasteiger charge is -2.23. The number of thiazole rings is 1. The zero-order chi connectivity index (χ0) is 14.7. The van der Waals surface area contributed by atoms with E-state index in [1.165, 1.54) is 11.3 Å². The topological polar surface area (TPSA) is 66.7 Å². The molecule has 2 heterocycles. The predicted octanol–water partition coefficient (Wildman–Crippen LogP) is 1.10. The van der Waals surface area contributed by atoms with Gasteiger partial charge in [-0.1, -0.05) is 0 Å². The van der Waals surface area contributed by atoms with Gasteiger partial charge in [0.05, 0.1) is 0 Å². The average molecular weight is 296 g/mol. The lowest BCUT2D eigenvalue weighted by atomic mass is 10.2. The van der Waals surface area contributed by atoms with Gasteiger partial charge in [0.15, 0.2) is 4.80 Å². The number of hydrogen-bond acceptors (Lipinski definition) is 3. The number of carbonyl (C=O) groups excluding carboxylic acids is 2. The van der Waals surface area contributed by atoms with Crippen molar-refractivity contribution in [1.82, 2.24) is 14.8 Å². The molecule has 7 heteroatoms. The third kappa shape index (κ3) is 3.27. The van der Waals surface area contributed by atoms with Crippen molar-refractivity contribution in [3.05, 3.63) is 16.4 Å². The first-order valence-corrected chi connectivity index (χ1v) is 7.63. The third-order valence-electron chi connectivity index (χ3n) is 3.18. The molecule has 20 heavy (non-hydrogen) atoms. The minimum atomic E-state index is -0.434. The Bertz CT molecular complexity index is 561. The van der Waals surface area contributed by atoms with E-state index in [0.717, 1.165) is 6.42 Å². The lowest BCUT2D eigenvalue weighted by Crippen LogP contribution is -2.47. The number of urea groups is 1. The fourth-order valence-corrected chi connectivity index (χ4v) is 2.93. The summed E-state index contributed by atoms with van der Waals surface area (Å²) in [4.78, 5) is 30.7. The molecule has 1 aliphatic rings. The average Bonchev–Trinajstić information content (AvgIpc) is 2.98. The van der Waals surface area contributed by atoms with Gasteiger partial charge in [-0.2, -0.15) is 4.99 Å². The summed E-state index contributed by atoms with van der Waals surface area (Å²) < 4.78 is 1.80. The Morgan fingerprint density at radius 3 is 2.85 bits per heavy atom.